The smallest absolute Gasteiger partial charge is 0.314 e. The minimum Gasteiger partial charge on any atom is -0.502 e. The minimum atomic E-state index is -0.645. The third kappa shape index (κ3) is 2.22. The molecular formula is C10H11NO5. The van der Waals surface area contributed by atoms with Crippen LogP contribution in [0.5, 0.6) is 11.5 Å². The Morgan fingerprint density at radius 2 is 2.38 bits per heavy atom. The van der Waals surface area contributed by atoms with E-state index in [1.807, 2.05) is 0 Å². The fraction of sp³-hybridized carbons (Fsp3) is 0.400. The van der Waals surface area contributed by atoms with Gasteiger partial charge in [-0.3, -0.25) is 10.1 Å². The lowest BCUT2D eigenvalue weighted by atomic mass is 10.2. The number of ether oxygens (including phenoxy) is 2. The van der Waals surface area contributed by atoms with Crippen LogP contribution in [0.1, 0.15) is 6.42 Å². The third-order valence-electron chi connectivity index (χ3n) is 2.33. The Hall–Kier alpha value is -1.82. The van der Waals surface area contributed by atoms with Crippen molar-refractivity contribution in [3.63, 3.8) is 0 Å². The van der Waals surface area contributed by atoms with Gasteiger partial charge in [-0.15, -0.1) is 0 Å². The zero-order valence-corrected chi connectivity index (χ0v) is 8.46. The van der Waals surface area contributed by atoms with Crippen LogP contribution in [-0.2, 0) is 4.74 Å². The highest BCUT2D eigenvalue weighted by molar-refractivity contribution is 5.49. The average Bonchev–Trinajstić information content (AvgIpc) is 2.73. The van der Waals surface area contributed by atoms with Crippen LogP contribution in [0.2, 0.25) is 0 Å². The lowest BCUT2D eigenvalue weighted by Gasteiger charge is -2.11. The predicted octanol–water partition coefficient (Wildman–Crippen LogP) is 1.47. The van der Waals surface area contributed by atoms with Gasteiger partial charge < -0.3 is 14.6 Å². The number of nitro benzene ring substituents is 1. The van der Waals surface area contributed by atoms with Gasteiger partial charge in [0.25, 0.3) is 0 Å². The molecule has 0 aliphatic carbocycles. The molecule has 0 aromatic heterocycles. The summed E-state index contributed by atoms with van der Waals surface area (Å²) in [5.74, 6) is 0.0139. The molecule has 0 radical (unpaired) electrons. The van der Waals surface area contributed by atoms with Crippen molar-refractivity contribution in [2.24, 2.45) is 0 Å². The molecule has 1 atom stereocenters. The van der Waals surface area contributed by atoms with Gasteiger partial charge in [-0.2, -0.15) is 0 Å². The van der Waals surface area contributed by atoms with Gasteiger partial charge in [0.1, 0.15) is 11.9 Å². The number of hydrogen-bond acceptors (Lipinski definition) is 5. The molecular weight excluding hydrogens is 214 g/mol. The molecule has 1 aliphatic rings. The van der Waals surface area contributed by atoms with Gasteiger partial charge >= 0.3 is 5.69 Å². The number of phenolic OH excluding ortho intramolecular Hbond substituents is 1. The molecule has 1 fully saturated rings. The van der Waals surface area contributed by atoms with Crippen LogP contribution in [0.15, 0.2) is 18.2 Å². The number of nitro groups is 1. The van der Waals surface area contributed by atoms with Crippen molar-refractivity contribution >= 4 is 5.69 Å². The zero-order chi connectivity index (χ0) is 11.5. The summed E-state index contributed by atoms with van der Waals surface area (Å²) in [6.45, 7) is 1.14. The summed E-state index contributed by atoms with van der Waals surface area (Å²) < 4.78 is 10.6. The Kier molecular flexibility index (Phi) is 2.91. The summed E-state index contributed by atoms with van der Waals surface area (Å²) in [5, 5.41) is 19.8. The summed E-state index contributed by atoms with van der Waals surface area (Å²) in [6, 6.07) is 3.97. The predicted molar refractivity (Wildman–Crippen MR) is 54.6 cm³/mol. The second-order valence-corrected chi connectivity index (χ2v) is 3.51. The molecule has 0 amide bonds. The van der Waals surface area contributed by atoms with Gasteiger partial charge in [-0.1, -0.05) is 0 Å². The fourth-order valence-corrected chi connectivity index (χ4v) is 1.52. The van der Waals surface area contributed by atoms with Crippen LogP contribution in [0, 0.1) is 10.1 Å². The molecule has 0 bridgehead atoms. The van der Waals surface area contributed by atoms with Crippen LogP contribution in [0.25, 0.3) is 0 Å². The first-order valence-electron chi connectivity index (χ1n) is 4.88. The highest BCUT2D eigenvalue weighted by atomic mass is 16.6. The van der Waals surface area contributed by atoms with E-state index in [4.69, 9.17) is 9.47 Å². The van der Waals surface area contributed by atoms with E-state index in [-0.39, 0.29) is 17.5 Å². The Balaban J connectivity index is 2.15. The zero-order valence-electron chi connectivity index (χ0n) is 8.46. The standard InChI is InChI=1S/C10H11NO5/c12-10-2-1-7(5-9(10)11(13)14)16-8-3-4-15-6-8/h1-2,5,8,12H,3-4,6H2. The number of phenols is 1. The fourth-order valence-electron chi connectivity index (χ4n) is 1.52. The Morgan fingerprint density at radius 1 is 1.56 bits per heavy atom. The Morgan fingerprint density at radius 3 is 3.00 bits per heavy atom. The van der Waals surface area contributed by atoms with Crippen molar-refractivity contribution in [2.75, 3.05) is 13.2 Å². The van der Waals surface area contributed by atoms with E-state index in [1.165, 1.54) is 18.2 Å². The molecule has 6 heteroatoms. The van der Waals surface area contributed by atoms with E-state index in [0.29, 0.717) is 19.0 Å². The average molecular weight is 225 g/mol. The van der Waals surface area contributed by atoms with Crippen molar-refractivity contribution in [3.05, 3.63) is 28.3 Å². The maximum Gasteiger partial charge on any atom is 0.314 e. The number of hydrogen-bond donors (Lipinski definition) is 1. The van der Waals surface area contributed by atoms with Crippen molar-refractivity contribution in [1.82, 2.24) is 0 Å². The molecule has 0 saturated carbocycles. The van der Waals surface area contributed by atoms with E-state index in [2.05, 4.69) is 0 Å². The molecule has 16 heavy (non-hydrogen) atoms. The van der Waals surface area contributed by atoms with Crippen LogP contribution in [-0.4, -0.2) is 29.3 Å². The van der Waals surface area contributed by atoms with Gasteiger partial charge in [0.15, 0.2) is 5.75 Å². The van der Waals surface area contributed by atoms with E-state index < -0.39 is 4.92 Å². The second kappa shape index (κ2) is 4.36. The normalized spacial score (nSPS) is 19.6. The van der Waals surface area contributed by atoms with E-state index in [9.17, 15) is 15.2 Å². The Labute approximate surface area is 91.6 Å². The first kappa shape index (κ1) is 10.7. The first-order valence-corrected chi connectivity index (χ1v) is 4.88. The maximum atomic E-state index is 10.6. The summed E-state index contributed by atoms with van der Waals surface area (Å²) in [4.78, 5) is 9.93. The molecule has 1 N–H and O–H groups in total. The second-order valence-electron chi connectivity index (χ2n) is 3.51. The molecule has 1 aromatic carbocycles. The molecule has 1 aliphatic heterocycles. The lowest BCUT2D eigenvalue weighted by molar-refractivity contribution is -0.386. The number of aromatic hydroxyl groups is 1. The summed E-state index contributed by atoms with van der Waals surface area (Å²) >= 11 is 0. The quantitative estimate of drug-likeness (QED) is 0.622. The SMILES string of the molecule is O=[N+]([O-])c1cc(OC2CCOC2)ccc1O. The van der Waals surface area contributed by atoms with Crippen molar-refractivity contribution in [3.8, 4) is 11.5 Å². The largest absolute Gasteiger partial charge is 0.502 e. The van der Waals surface area contributed by atoms with Gasteiger partial charge in [0, 0.05) is 6.42 Å². The number of benzene rings is 1. The topological polar surface area (TPSA) is 81.8 Å². The molecule has 1 saturated heterocycles. The van der Waals surface area contributed by atoms with Crippen LogP contribution < -0.4 is 4.74 Å². The van der Waals surface area contributed by atoms with E-state index in [1.54, 1.807) is 0 Å². The van der Waals surface area contributed by atoms with Crippen LogP contribution in [0.3, 0.4) is 0 Å². The van der Waals surface area contributed by atoms with E-state index >= 15 is 0 Å². The summed E-state index contributed by atoms with van der Waals surface area (Å²) in [5.41, 5.74) is -0.351. The lowest BCUT2D eigenvalue weighted by Crippen LogP contribution is -2.15. The molecule has 86 valence electrons. The molecule has 1 heterocycles. The van der Waals surface area contributed by atoms with Crippen molar-refractivity contribution in [1.29, 1.82) is 0 Å². The van der Waals surface area contributed by atoms with Gasteiger partial charge in [0.05, 0.1) is 24.2 Å². The highest BCUT2D eigenvalue weighted by Gasteiger charge is 2.19. The number of rotatable bonds is 3. The van der Waals surface area contributed by atoms with Crippen molar-refractivity contribution < 1.29 is 19.5 Å². The number of nitrogens with zero attached hydrogens (tertiary/aromatic N) is 1. The molecule has 2 rings (SSSR count). The van der Waals surface area contributed by atoms with Gasteiger partial charge in [-0.05, 0) is 12.1 Å². The molecule has 1 unspecified atom stereocenters. The van der Waals surface area contributed by atoms with Crippen LogP contribution in [0.4, 0.5) is 5.69 Å². The molecule has 1 aromatic rings. The summed E-state index contributed by atoms with van der Waals surface area (Å²) in [6.07, 6.45) is 0.707. The van der Waals surface area contributed by atoms with Crippen LogP contribution >= 0.6 is 0 Å². The van der Waals surface area contributed by atoms with E-state index in [0.717, 1.165) is 6.42 Å². The van der Waals surface area contributed by atoms with Crippen molar-refractivity contribution in [2.45, 2.75) is 12.5 Å². The highest BCUT2D eigenvalue weighted by Crippen LogP contribution is 2.30. The maximum absolute atomic E-state index is 10.6. The monoisotopic (exact) mass is 225 g/mol. The third-order valence-corrected chi connectivity index (χ3v) is 2.33. The molecule has 0 spiro atoms. The summed E-state index contributed by atoms with van der Waals surface area (Å²) in [7, 11) is 0. The van der Waals surface area contributed by atoms with Gasteiger partial charge in [-0.25, -0.2) is 0 Å². The van der Waals surface area contributed by atoms with Gasteiger partial charge in [0.2, 0.25) is 0 Å². The Bertz CT molecular complexity index is 400. The molecule has 6 nitrogen and oxygen atoms in total. The first-order chi connectivity index (χ1) is 7.66. The minimum absolute atomic E-state index is 0.0656.